The van der Waals surface area contributed by atoms with E-state index in [1.807, 2.05) is 0 Å². The van der Waals surface area contributed by atoms with Gasteiger partial charge in [0.2, 0.25) is 5.91 Å². The van der Waals surface area contributed by atoms with Crippen LogP contribution in [0.4, 0.5) is 0 Å². The average Bonchev–Trinajstić information content (AvgIpc) is 2.70. The van der Waals surface area contributed by atoms with Crippen molar-refractivity contribution in [3.63, 3.8) is 0 Å². The highest BCUT2D eigenvalue weighted by molar-refractivity contribution is 9.10. The highest BCUT2D eigenvalue weighted by Crippen LogP contribution is 2.21. The summed E-state index contributed by atoms with van der Waals surface area (Å²) in [5, 5.41) is 2.22. The molecular weight excluding hydrogens is 302 g/mol. The Kier molecular flexibility index (Phi) is 3.02. The van der Waals surface area contributed by atoms with Crippen molar-refractivity contribution >= 4 is 33.7 Å². The second kappa shape index (κ2) is 4.24. The first kappa shape index (κ1) is 12.8. The number of nitrogens with one attached hydrogen (secondary N) is 2. The number of rotatable bonds is 1. The molecule has 0 atom stereocenters. The predicted molar refractivity (Wildman–Crippen MR) is 66.8 cm³/mol. The molecule has 0 unspecified atom stereocenters. The van der Waals surface area contributed by atoms with Crippen LogP contribution in [0.15, 0.2) is 16.7 Å². The molecule has 0 saturated carbocycles. The third kappa shape index (κ3) is 2.05. The zero-order chi connectivity index (χ0) is 13.5. The zero-order valence-electron chi connectivity index (χ0n) is 9.91. The van der Waals surface area contributed by atoms with Crippen molar-refractivity contribution < 1.29 is 14.4 Å². The lowest BCUT2D eigenvalue weighted by atomic mass is 9.98. The molecule has 1 saturated heterocycles. The molecule has 0 bridgehead atoms. The molecule has 2 rings (SSSR count). The molecule has 7 heteroatoms. The number of nitrogens with zero attached hydrogens (tertiary/aromatic N) is 1. The lowest BCUT2D eigenvalue weighted by Crippen LogP contribution is -2.65. The van der Waals surface area contributed by atoms with Crippen molar-refractivity contribution in [2.24, 2.45) is 0 Å². The Morgan fingerprint density at radius 1 is 1.44 bits per heavy atom. The molecule has 1 aromatic heterocycles. The highest BCUT2D eigenvalue weighted by atomic mass is 79.9. The van der Waals surface area contributed by atoms with E-state index in [0.717, 1.165) is 4.47 Å². The highest BCUT2D eigenvalue weighted by Gasteiger charge is 2.43. The number of halogens is 1. The average molecular weight is 314 g/mol. The monoisotopic (exact) mass is 313 g/mol. The first-order valence-corrected chi connectivity index (χ1v) is 6.12. The van der Waals surface area contributed by atoms with Gasteiger partial charge in [0.1, 0.15) is 17.8 Å². The topological polar surface area (TPSA) is 82.3 Å². The third-order valence-corrected chi connectivity index (χ3v) is 3.37. The summed E-state index contributed by atoms with van der Waals surface area (Å²) in [6.45, 7) is 3.07. The number of H-pyrrole nitrogens is 1. The molecular formula is C11H12BrN3O3. The number of aromatic amines is 1. The lowest BCUT2D eigenvalue weighted by molar-refractivity contribution is -0.143. The number of carbonyl (C=O) groups is 3. The van der Waals surface area contributed by atoms with E-state index < -0.39 is 17.4 Å². The van der Waals surface area contributed by atoms with Gasteiger partial charge in [0, 0.05) is 10.7 Å². The van der Waals surface area contributed by atoms with Crippen molar-refractivity contribution in [3.05, 3.63) is 22.4 Å². The van der Waals surface area contributed by atoms with Crippen molar-refractivity contribution in [2.75, 3.05) is 6.54 Å². The fourth-order valence-electron chi connectivity index (χ4n) is 1.75. The van der Waals surface area contributed by atoms with Gasteiger partial charge in [-0.15, -0.1) is 0 Å². The van der Waals surface area contributed by atoms with Crippen LogP contribution in [0.2, 0.25) is 0 Å². The van der Waals surface area contributed by atoms with E-state index in [1.165, 1.54) is 4.90 Å². The summed E-state index contributed by atoms with van der Waals surface area (Å²) in [6.07, 6.45) is 1.62. The number of hydrogen-bond donors (Lipinski definition) is 2. The summed E-state index contributed by atoms with van der Waals surface area (Å²) in [7, 11) is 0. The minimum absolute atomic E-state index is 0.131. The first-order chi connectivity index (χ1) is 8.32. The van der Waals surface area contributed by atoms with Gasteiger partial charge in [-0.05, 0) is 35.8 Å². The predicted octanol–water partition coefficient (Wildman–Crippen LogP) is 0.654. The number of imide groups is 1. The van der Waals surface area contributed by atoms with E-state index in [1.54, 1.807) is 26.1 Å². The van der Waals surface area contributed by atoms with Crippen molar-refractivity contribution in [1.82, 2.24) is 15.2 Å². The Morgan fingerprint density at radius 3 is 2.67 bits per heavy atom. The van der Waals surface area contributed by atoms with Crippen LogP contribution in [-0.4, -0.2) is 39.7 Å². The zero-order valence-corrected chi connectivity index (χ0v) is 11.5. The smallest absolute Gasteiger partial charge is 0.271 e. The number of aromatic nitrogens is 1. The number of piperazine rings is 1. The van der Waals surface area contributed by atoms with Crippen LogP contribution in [0.1, 0.15) is 24.3 Å². The summed E-state index contributed by atoms with van der Waals surface area (Å²) >= 11 is 3.23. The van der Waals surface area contributed by atoms with Gasteiger partial charge in [0.25, 0.3) is 11.8 Å². The fourth-order valence-corrected chi connectivity index (χ4v) is 2.09. The number of hydrogen-bond acceptors (Lipinski definition) is 3. The van der Waals surface area contributed by atoms with E-state index in [2.05, 4.69) is 26.2 Å². The van der Waals surface area contributed by atoms with Gasteiger partial charge < -0.3 is 9.88 Å². The number of amides is 3. The van der Waals surface area contributed by atoms with Crippen LogP contribution in [-0.2, 0) is 9.59 Å². The van der Waals surface area contributed by atoms with Crippen LogP contribution in [0.3, 0.4) is 0 Å². The summed E-state index contributed by atoms with van der Waals surface area (Å²) < 4.78 is 0.733. The van der Waals surface area contributed by atoms with Gasteiger partial charge in [-0.1, -0.05) is 0 Å². The largest absolute Gasteiger partial charge is 0.356 e. The minimum Gasteiger partial charge on any atom is -0.356 e. The Morgan fingerprint density at radius 2 is 2.11 bits per heavy atom. The minimum atomic E-state index is -1.05. The van der Waals surface area contributed by atoms with Crippen LogP contribution < -0.4 is 5.32 Å². The van der Waals surface area contributed by atoms with Gasteiger partial charge >= 0.3 is 0 Å². The maximum atomic E-state index is 12.3. The molecule has 6 nitrogen and oxygen atoms in total. The molecule has 2 N–H and O–H groups in total. The van der Waals surface area contributed by atoms with Crippen molar-refractivity contribution in [3.8, 4) is 0 Å². The summed E-state index contributed by atoms with van der Waals surface area (Å²) in [6, 6.07) is 1.61. The Bertz CT molecular complexity index is 535. The van der Waals surface area contributed by atoms with Crippen LogP contribution in [0.25, 0.3) is 0 Å². The van der Waals surface area contributed by atoms with Gasteiger partial charge in [-0.3, -0.25) is 19.7 Å². The third-order valence-electron chi connectivity index (χ3n) is 2.91. The van der Waals surface area contributed by atoms with E-state index in [-0.39, 0.29) is 12.5 Å². The van der Waals surface area contributed by atoms with Gasteiger partial charge in [-0.2, -0.15) is 0 Å². The first-order valence-electron chi connectivity index (χ1n) is 5.32. The summed E-state index contributed by atoms with van der Waals surface area (Å²) in [5.74, 6) is -1.33. The molecule has 3 amide bonds. The normalized spacial score (nSPS) is 18.7. The molecule has 0 spiro atoms. The fraction of sp³-hybridized carbons (Fsp3) is 0.364. The molecule has 0 aromatic carbocycles. The van der Waals surface area contributed by atoms with E-state index in [9.17, 15) is 14.4 Å². The Balaban J connectivity index is 2.33. The van der Waals surface area contributed by atoms with Gasteiger partial charge in [0.05, 0.1) is 0 Å². The maximum Gasteiger partial charge on any atom is 0.271 e. The SMILES string of the molecule is CC1(C)C(=O)NC(=O)CN1C(=O)c1cc(Br)c[nH]1. The quantitative estimate of drug-likeness (QED) is 0.747. The lowest BCUT2D eigenvalue weighted by Gasteiger charge is -2.39. The van der Waals surface area contributed by atoms with Crippen LogP contribution >= 0.6 is 15.9 Å². The Labute approximate surface area is 112 Å². The molecule has 96 valence electrons. The van der Waals surface area contributed by atoms with Crippen molar-refractivity contribution in [2.45, 2.75) is 19.4 Å². The molecule has 0 aliphatic carbocycles. The second-order valence-electron chi connectivity index (χ2n) is 4.56. The molecule has 1 fully saturated rings. The molecule has 1 aliphatic rings. The second-order valence-corrected chi connectivity index (χ2v) is 5.47. The van der Waals surface area contributed by atoms with Crippen molar-refractivity contribution in [1.29, 1.82) is 0 Å². The number of carbonyl (C=O) groups excluding carboxylic acids is 3. The summed E-state index contributed by atoms with van der Waals surface area (Å²) in [4.78, 5) is 39.4. The standard InChI is InChI=1S/C11H12BrN3O3/c1-11(2)10(18)14-8(16)5-15(11)9(17)7-3-6(12)4-13-7/h3-4,13H,5H2,1-2H3,(H,14,16,18). The van der Waals surface area contributed by atoms with Crippen LogP contribution in [0, 0.1) is 0 Å². The Hall–Kier alpha value is -1.63. The summed E-state index contributed by atoms with van der Waals surface area (Å²) in [5.41, 5.74) is -0.722. The van der Waals surface area contributed by atoms with Gasteiger partial charge in [0.15, 0.2) is 0 Å². The van der Waals surface area contributed by atoms with E-state index in [4.69, 9.17) is 0 Å². The molecule has 2 heterocycles. The van der Waals surface area contributed by atoms with E-state index in [0.29, 0.717) is 5.69 Å². The molecule has 1 aliphatic heterocycles. The molecule has 0 radical (unpaired) electrons. The van der Waals surface area contributed by atoms with Gasteiger partial charge in [-0.25, -0.2) is 0 Å². The molecule has 18 heavy (non-hydrogen) atoms. The maximum absolute atomic E-state index is 12.3. The molecule has 1 aromatic rings. The van der Waals surface area contributed by atoms with Crippen LogP contribution in [0.5, 0.6) is 0 Å². The van der Waals surface area contributed by atoms with E-state index >= 15 is 0 Å².